The second-order valence-electron chi connectivity index (χ2n) is 5.61. The molecule has 0 spiro atoms. The first-order valence-electron chi connectivity index (χ1n) is 7.05. The Labute approximate surface area is 123 Å². The van der Waals surface area contributed by atoms with Crippen molar-refractivity contribution in [3.8, 4) is 11.5 Å². The summed E-state index contributed by atoms with van der Waals surface area (Å²) in [4.78, 5) is 25.8. The van der Waals surface area contributed by atoms with E-state index >= 15 is 0 Å². The van der Waals surface area contributed by atoms with Gasteiger partial charge in [-0.3, -0.25) is 9.59 Å². The Balaban J connectivity index is 1.75. The van der Waals surface area contributed by atoms with E-state index in [0.29, 0.717) is 18.0 Å². The maximum atomic E-state index is 12.1. The molecule has 2 aliphatic rings. The fraction of sp³-hybridized carbons (Fsp3) is 0.467. The minimum absolute atomic E-state index is 0.0437. The first-order valence-corrected chi connectivity index (χ1v) is 7.05. The number of hydrogen-bond acceptors (Lipinski definition) is 4. The fourth-order valence-corrected chi connectivity index (χ4v) is 2.59. The Morgan fingerprint density at radius 3 is 2.86 bits per heavy atom. The van der Waals surface area contributed by atoms with E-state index in [1.54, 1.807) is 17.0 Å². The van der Waals surface area contributed by atoms with Gasteiger partial charge in [-0.05, 0) is 26.0 Å². The first kappa shape index (κ1) is 13.7. The maximum absolute atomic E-state index is 12.1. The summed E-state index contributed by atoms with van der Waals surface area (Å²) < 4.78 is 10.6. The van der Waals surface area contributed by atoms with Crippen molar-refractivity contribution >= 4 is 17.5 Å². The monoisotopic (exact) mass is 290 g/mol. The van der Waals surface area contributed by atoms with Crippen LogP contribution < -0.4 is 19.7 Å². The van der Waals surface area contributed by atoms with Crippen molar-refractivity contribution in [2.24, 2.45) is 5.92 Å². The summed E-state index contributed by atoms with van der Waals surface area (Å²) in [6.45, 7) is 4.41. The number of carbonyl (C=O) groups excluding carboxylic acids is 2. The largest absolute Gasteiger partial charge is 0.454 e. The second-order valence-corrected chi connectivity index (χ2v) is 5.61. The number of ether oxygens (including phenoxy) is 2. The van der Waals surface area contributed by atoms with Crippen LogP contribution in [0.15, 0.2) is 18.2 Å². The number of fused-ring (bicyclic) bond motifs is 1. The zero-order chi connectivity index (χ0) is 15.0. The van der Waals surface area contributed by atoms with Crippen LogP contribution in [-0.2, 0) is 9.59 Å². The first-order chi connectivity index (χ1) is 10.0. The van der Waals surface area contributed by atoms with Gasteiger partial charge in [0.2, 0.25) is 18.6 Å². The molecule has 0 aromatic heterocycles. The Morgan fingerprint density at radius 1 is 1.33 bits per heavy atom. The summed E-state index contributed by atoms with van der Waals surface area (Å²) >= 11 is 0. The highest BCUT2D eigenvalue weighted by Gasteiger charge is 2.35. The molecule has 0 saturated carbocycles. The summed E-state index contributed by atoms with van der Waals surface area (Å²) in [7, 11) is 0. The lowest BCUT2D eigenvalue weighted by atomic mass is 10.1. The number of nitrogens with zero attached hydrogens (tertiary/aromatic N) is 1. The van der Waals surface area contributed by atoms with Crippen LogP contribution in [0.2, 0.25) is 0 Å². The van der Waals surface area contributed by atoms with E-state index in [9.17, 15) is 9.59 Å². The highest BCUT2D eigenvalue weighted by atomic mass is 16.7. The lowest BCUT2D eigenvalue weighted by Crippen LogP contribution is -2.36. The summed E-state index contributed by atoms with van der Waals surface area (Å²) in [5.74, 6) is 0.902. The van der Waals surface area contributed by atoms with Crippen molar-refractivity contribution in [3.63, 3.8) is 0 Å². The fourth-order valence-electron chi connectivity index (χ4n) is 2.59. The van der Waals surface area contributed by atoms with Crippen LogP contribution in [-0.4, -0.2) is 31.2 Å². The molecule has 1 aromatic rings. The molecule has 1 N–H and O–H groups in total. The Kier molecular flexibility index (Phi) is 3.45. The predicted molar refractivity (Wildman–Crippen MR) is 76.3 cm³/mol. The molecule has 0 bridgehead atoms. The third-order valence-corrected chi connectivity index (χ3v) is 3.59. The average Bonchev–Trinajstić information content (AvgIpc) is 3.03. The molecule has 2 amide bonds. The average molecular weight is 290 g/mol. The van der Waals surface area contributed by atoms with Crippen molar-refractivity contribution < 1.29 is 19.1 Å². The smallest absolute Gasteiger partial charge is 0.231 e. The lowest BCUT2D eigenvalue weighted by Gasteiger charge is -2.17. The number of amides is 2. The molecule has 1 saturated heterocycles. The van der Waals surface area contributed by atoms with Gasteiger partial charge < -0.3 is 19.7 Å². The van der Waals surface area contributed by atoms with Crippen LogP contribution in [0.25, 0.3) is 0 Å². The zero-order valence-corrected chi connectivity index (χ0v) is 12.1. The van der Waals surface area contributed by atoms with Gasteiger partial charge in [-0.25, -0.2) is 0 Å². The van der Waals surface area contributed by atoms with Crippen molar-refractivity contribution in [2.45, 2.75) is 26.3 Å². The van der Waals surface area contributed by atoms with Gasteiger partial charge in [-0.15, -0.1) is 0 Å². The Bertz CT molecular complexity index is 585. The molecule has 6 nitrogen and oxygen atoms in total. The Morgan fingerprint density at radius 2 is 2.10 bits per heavy atom. The van der Waals surface area contributed by atoms with Gasteiger partial charge in [0.15, 0.2) is 11.5 Å². The van der Waals surface area contributed by atoms with Crippen LogP contribution in [0.5, 0.6) is 11.5 Å². The number of rotatable bonds is 3. The van der Waals surface area contributed by atoms with Crippen molar-refractivity contribution in [3.05, 3.63) is 18.2 Å². The number of anilines is 1. The van der Waals surface area contributed by atoms with E-state index in [4.69, 9.17) is 9.47 Å². The number of benzene rings is 1. The lowest BCUT2D eigenvalue weighted by molar-refractivity contribution is -0.126. The van der Waals surface area contributed by atoms with E-state index in [2.05, 4.69) is 5.32 Å². The quantitative estimate of drug-likeness (QED) is 0.911. The van der Waals surface area contributed by atoms with Crippen molar-refractivity contribution in [2.75, 3.05) is 18.2 Å². The van der Waals surface area contributed by atoms with Crippen LogP contribution >= 0.6 is 0 Å². The van der Waals surface area contributed by atoms with Crippen molar-refractivity contribution in [1.82, 2.24) is 5.32 Å². The molecule has 0 radical (unpaired) electrons. The molecule has 1 aromatic carbocycles. The molecule has 2 heterocycles. The SMILES string of the molecule is CC(C)NC(=O)C1CC(=O)N(c2ccc3c(c2)OCO3)C1. The van der Waals surface area contributed by atoms with Crippen LogP contribution in [0.4, 0.5) is 5.69 Å². The van der Waals surface area contributed by atoms with E-state index < -0.39 is 0 Å². The van der Waals surface area contributed by atoms with Crippen LogP contribution in [0.3, 0.4) is 0 Å². The highest BCUT2D eigenvalue weighted by Crippen LogP contribution is 2.37. The molecule has 6 heteroatoms. The highest BCUT2D eigenvalue weighted by molar-refractivity contribution is 6.00. The summed E-state index contributed by atoms with van der Waals surface area (Å²) in [6, 6.07) is 5.45. The molecule has 2 aliphatic heterocycles. The number of carbonyl (C=O) groups is 2. The molecule has 21 heavy (non-hydrogen) atoms. The standard InChI is InChI=1S/C15H18N2O4/c1-9(2)16-15(19)10-5-14(18)17(7-10)11-3-4-12-13(6-11)21-8-20-12/h3-4,6,9-10H,5,7-8H2,1-2H3,(H,16,19). The minimum Gasteiger partial charge on any atom is -0.454 e. The van der Waals surface area contributed by atoms with Gasteiger partial charge in [0.05, 0.1) is 5.92 Å². The van der Waals surface area contributed by atoms with Gasteiger partial charge in [0.25, 0.3) is 0 Å². The summed E-state index contributed by atoms with van der Waals surface area (Å²) in [5, 5.41) is 2.86. The topological polar surface area (TPSA) is 67.9 Å². The second kappa shape index (κ2) is 5.27. The molecule has 112 valence electrons. The molecule has 3 rings (SSSR count). The minimum atomic E-state index is -0.301. The zero-order valence-electron chi connectivity index (χ0n) is 12.1. The third kappa shape index (κ3) is 2.66. The molecule has 1 unspecified atom stereocenters. The van der Waals surface area contributed by atoms with Gasteiger partial charge >= 0.3 is 0 Å². The van der Waals surface area contributed by atoms with Crippen LogP contribution in [0.1, 0.15) is 20.3 Å². The molecule has 0 aliphatic carbocycles. The van der Waals surface area contributed by atoms with E-state index in [-0.39, 0.29) is 37.0 Å². The van der Waals surface area contributed by atoms with Gasteiger partial charge in [0, 0.05) is 30.8 Å². The number of nitrogens with one attached hydrogen (secondary N) is 1. The molecule has 1 atom stereocenters. The Hall–Kier alpha value is -2.24. The van der Waals surface area contributed by atoms with E-state index in [1.165, 1.54) is 0 Å². The van der Waals surface area contributed by atoms with Crippen LogP contribution in [0, 0.1) is 5.92 Å². The van der Waals surface area contributed by atoms with Gasteiger partial charge in [-0.1, -0.05) is 0 Å². The summed E-state index contributed by atoms with van der Waals surface area (Å²) in [5.41, 5.74) is 0.740. The normalized spacial score (nSPS) is 20.2. The van der Waals surface area contributed by atoms with Crippen molar-refractivity contribution in [1.29, 1.82) is 0 Å². The molecule has 1 fully saturated rings. The van der Waals surface area contributed by atoms with Gasteiger partial charge in [0.1, 0.15) is 0 Å². The third-order valence-electron chi connectivity index (χ3n) is 3.59. The summed E-state index contributed by atoms with van der Waals surface area (Å²) in [6.07, 6.45) is 0.243. The van der Waals surface area contributed by atoms with E-state index in [0.717, 1.165) is 5.69 Å². The predicted octanol–water partition coefficient (Wildman–Crippen LogP) is 1.29. The van der Waals surface area contributed by atoms with E-state index in [1.807, 2.05) is 19.9 Å². The molecular weight excluding hydrogens is 272 g/mol. The maximum Gasteiger partial charge on any atom is 0.231 e. The van der Waals surface area contributed by atoms with Gasteiger partial charge in [-0.2, -0.15) is 0 Å². The molecular formula is C15H18N2O4. The number of hydrogen-bond donors (Lipinski definition) is 1.